The molecule has 0 heterocycles. The van der Waals surface area contributed by atoms with E-state index in [1.54, 1.807) is 6.07 Å². The second kappa shape index (κ2) is 5.63. The lowest BCUT2D eigenvalue weighted by atomic mass is 9.85. The summed E-state index contributed by atoms with van der Waals surface area (Å²) in [4.78, 5) is 0. The maximum atomic E-state index is 13.3. The average Bonchev–Trinajstić information content (AvgIpc) is 3.13. The lowest BCUT2D eigenvalue weighted by molar-refractivity contribution is 0.418. The van der Waals surface area contributed by atoms with Gasteiger partial charge >= 0.3 is 0 Å². The van der Waals surface area contributed by atoms with Crippen molar-refractivity contribution in [3.8, 4) is 0 Å². The van der Waals surface area contributed by atoms with E-state index >= 15 is 0 Å². The van der Waals surface area contributed by atoms with Crippen LogP contribution in [0.5, 0.6) is 0 Å². The molecular weight excluding hydrogens is 213 g/mol. The number of hydrogen-bond acceptors (Lipinski definition) is 1. The lowest BCUT2D eigenvalue weighted by Crippen LogP contribution is -2.27. The molecule has 2 unspecified atom stereocenters. The third-order valence-corrected chi connectivity index (χ3v) is 3.81. The van der Waals surface area contributed by atoms with Gasteiger partial charge < -0.3 is 5.32 Å². The molecule has 1 N–H and O–H groups in total. The Kier molecular flexibility index (Phi) is 4.16. The van der Waals surface area contributed by atoms with E-state index in [0.717, 1.165) is 24.6 Å². The minimum Gasteiger partial charge on any atom is -0.313 e. The van der Waals surface area contributed by atoms with Crippen molar-refractivity contribution < 1.29 is 4.39 Å². The molecule has 1 saturated carbocycles. The summed E-state index contributed by atoms with van der Waals surface area (Å²) in [6.07, 6.45) is 3.74. The van der Waals surface area contributed by atoms with Gasteiger partial charge in [0.2, 0.25) is 0 Å². The predicted octanol–water partition coefficient (Wildman–Crippen LogP) is 3.71. The molecule has 1 aromatic carbocycles. The first kappa shape index (κ1) is 12.6. The maximum absolute atomic E-state index is 13.3. The van der Waals surface area contributed by atoms with Crippen LogP contribution in [0.25, 0.3) is 0 Å². The minimum absolute atomic E-state index is 0.123. The summed E-state index contributed by atoms with van der Waals surface area (Å²) in [6, 6.07) is 7.79. The molecule has 0 aromatic heterocycles. The summed E-state index contributed by atoms with van der Waals surface area (Å²) in [6.45, 7) is 5.43. The number of benzene rings is 1. The standard InChI is InChI=1S/C15H22FN/c1-3-11(2)15(10-17-14-7-8-14)12-5-4-6-13(16)9-12/h4-6,9,11,14-15,17H,3,7-8,10H2,1-2H3. The fraction of sp³-hybridized carbons (Fsp3) is 0.600. The van der Waals surface area contributed by atoms with Crippen LogP contribution < -0.4 is 5.32 Å². The van der Waals surface area contributed by atoms with Crippen molar-refractivity contribution in [1.82, 2.24) is 5.32 Å². The Balaban J connectivity index is 2.07. The smallest absolute Gasteiger partial charge is 0.123 e. The highest BCUT2D eigenvalue weighted by molar-refractivity contribution is 5.22. The molecule has 1 nitrogen and oxygen atoms in total. The summed E-state index contributed by atoms with van der Waals surface area (Å²) in [5, 5.41) is 3.57. The van der Waals surface area contributed by atoms with E-state index < -0.39 is 0 Å². The number of nitrogens with one attached hydrogen (secondary N) is 1. The second-order valence-electron chi connectivity index (χ2n) is 5.23. The molecule has 1 fully saturated rings. The van der Waals surface area contributed by atoms with E-state index in [0.29, 0.717) is 11.8 Å². The van der Waals surface area contributed by atoms with E-state index in [4.69, 9.17) is 0 Å². The molecule has 2 rings (SSSR count). The van der Waals surface area contributed by atoms with Crippen LogP contribution in [0.4, 0.5) is 4.39 Å². The van der Waals surface area contributed by atoms with Crippen LogP contribution >= 0.6 is 0 Å². The van der Waals surface area contributed by atoms with Crippen LogP contribution in [0, 0.1) is 11.7 Å². The summed E-state index contributed by atoms with van der Waals surface area (Å²) < 4.78 is 13.3. The SMILES string of the molecule is CCC(C)C(CNC1CC1)c1cccc(F)c1. The largest absolute Gasteiger partial charge is 0.313 e. The number of hydrogen-bond donors (Lipinski definition) is 1. The molecule has 0 spiro atoms. The summed E-state index contributed by atoms with van der Waals surface area (Å²) in [5.41, 5.74) is 1.13. The quantitative estimate of drug-likeness (QED) is 0.792. The zero-order valence-corrected chi connectivity index (χ0v) is 10.7. The van der Waals surface area contributed by atoms with Gasteiger partial charge in [0.15, 0.2) is 0 Å². The van der Waals surface area contributed by atoms with Crippen molar-refractivity contribution in [2.45, 2.75) is 45.1 Å². The Labute approximate surface area is 103 Å². The molecule has 1 aromatic rings. The molecule has 0 aliphatic heterocycles. The zero-order valence-electron chi connectivity index (χ0n) is 10.7. The van der Waals surface area contributed by atoms with Crippen LogP contribution in [0.3, 0.4) is 0 Å². The highest BCUT2D eigenvalue weighted by atomic mass is 19.1. The Morgan fingerprint density at radius 2 is 2.18 bits per heavy atom. The van der Waals surface area contributed by atoms with Crippen LogP contribution in [0.1, 0.15) is 44.6 Å². The van der Waals surface area contributed by atoms with Crippen molar-refractivity contribution in [2.24, 2.45) is 5.92 Å². The van der Waals surface area contributed by atoms with Gasteiger partial charge in [-0.15, -0.1) is 0 Å². The molecule has 0 radical (unpaired) electrons. The fourth-order valence-electron chi connectivity index (χ4n) is 2.25. The Morgan fingerprint density at radius 3 is 2.76 bits per heavy atom. The molecular formula is C15H22FN. The van der Waals surface area contributed by atoms with E-state index in [1.807, 2.05) is 6.07 Å². The highest BCUT2D eigenvalue weighted by Gasteiger charge is 2.24. The number of rotatable bonds is 6. The van der Waals surface area contributed by atoms with Crippen molar-refractivity contribution in [2.75, 3.05) is 6.54 Å². The molecule has 2 heteroatoms. The van der Waals surface area contributed by atoms with Gasteiger partial charge in [-0.1, -0.05) is 32.4 Å². The first-order chi connectivity index (χ1) is 8.20. The van der Waals surface area contributed by atoms with Crippen LogP contribution in [0.2, 0.25) is 0 Å². The van der Waals surface area contributed by atoms with Gasteiger partial charge in [0.05, 0.1) is 0 Å². The van der Waals surface area contributed by atoms with Crippen LogP contribution in [0.15, 0.2) is 24.3 Å². The third-order valence-electron chi connectivity index (χ3n) is 3.81. The second-order valence-corrected chi connectivity index (χ2v) is 5.23. The average molecular weight is 235 g/mol. The normalized spacial score (nSPS) is 19.0. The first-order valence-corrected chi connectivity index (χ1v) is 6.69. The van der Waals surface area contributed by atoms with Crippen LogP contribution in [-0.4, -0.2) is 12.6 Å². The van der Waals surface area contributed by atoms with Gasteiger partial charge in [-0.25, -0.2) is 4.39 Å². The molecule has 94 valence electrons. The van der Waals surface area contributed by atoms with Crippen molar-refractivity contribution >= 4 is 0 Å². The molecule has 1 aliphatic rings. The molecule has 2 atom stereocenters. The monoisotopic (exact) mass is 235 g/mol. The summed E-state index contributed by atoms with van der Waals surface area (Å²) in [5.74, 6) is 0.890. The number of halogens is 1. The van der Waals surface area contributed by atoms with Gasteiger partial charge in [-0.3, -0.25) is 0 Å². The van der Waals surface area contributed by atoms with Crippen molar-refractivity contribution in [1.29, 1.82) is 0 Å². The molecule has 0 saturated heterocycles. The Hall–Kier alpha value is -0.890. The molecule has 0 amide bonds. The van der Waals surface area contributed by atoms with E-state index in [-0.39, 0.29) is 5.82 Å². The van der Waals surface area contributed by atoms with E-state index in [1.165, 1.54) is 18.9 Å². The van der Waals surface area contributed by atoms with Gasteiger partial charge in [0, 0.05) is 12.6 Å². The summed E-state index contributed by atoms with van der Waals surface area (Å²) >= 11 is 0. The highest BCUT2D eigenvalue weighted by Crippen LogP contribution is 2.28. The predicted molar refractivity (Wildman–Crippen MR) is 69.6 cm³/mol. The first-order valence-electron chi connectivity index (χ1n) is 6.69. The third kappa shape index (κ3) is 3.53. The summed E-state index contributed by atoms with van der Waals surface area (Å²) in [7, 11) is 0. The van der Waals surface area contributed by atoms with Crippen LogP contribution in [-0.2, 0) is 0 Å². The van der Waals surface area contributed by atoms with E-state index in [9.17, 15) is 4.39 Å². The Bertz CT molecular complexity index is 360. The van der Waals surface area contributed by atoms with Gasteiger partial charge in [0.1, 0.15) is 5.82 Å². The van der Waals surface area contributed by atoms with Gasteiger partial charge in [-0.2, -0.15) is 0 Å². The molecule has 1 aliphatic carbocycles. The van der Waals surface area contributed by atoms with Crippen molar-refractivity contribution in [3.05, 3.63) is 35.6 Å². The molecule has 17 heavy (non-hydrogen) atoms. The maximum Gasteiger partial charge on any atom is 0.123 e. The zero-order chi connectivity index (χ0) is 12.3. The lowest BCUT2D eigenvalue weighted by Gasteiger charge is -2.24. The van der Waals surface area contributed by atoms with E-state index in [2.05, 4.69) is 25.2 Å². The fourth-order valence-corrected chi connectivity index (χ4v) is 2.25. The van der Waals surface area contributed by atoms with Crippen molar-refractivity contribution in [3.63, 3.8) is 0 Å². The minimum atomic E-state index is -0.123. The van der Waals surface area contributed by atoms with Gasteiger partial charge in [0.25, 0.3) is 0 Å². The Morgan fingerprint density at radius 1 is 1.41 bits per heavy atom. The molecule has 0 bridgehead atoms. The topological polar surface area (TPSA) is 12.0 Å². The van der Waals surface area contributed by atoms with Gasteiger partial charge in [-0.05, 0) is 42.4 Å².